The van der Waals surface area contributed by atoms with Crippen molar-refractivity contribution >= 4 is 5.57 Å². The van der Waals surface area contributed by atoms with E-state index in [1.54, 1.807) is 26.0 Å². The zero-order chi connectivity index (χ0) is 18.1. The predicted molar refractivity (Wildman–Crippen MR) is 85.7 cm³/mol. The lowest BCUT2D eigenvalue weighted by Gasteiger charge is -2.14. The summed E-state index contributed by atoms with van der Waals surface area (Å²) in [6.07, 6.45) is -2.52. The second-order valence-electron chi connectivity index (χ2n) is 5.14. The van der Waals surface area contributed by atoms with E-state index >= 15 is 0 Å². The molecule has 2 N–H and O–H groups in total. The molecule has 2 heterocycles. The lowest BCUT2D eigenvalue weighted by Crippen LogP contribution is -2.17. The molecular formula is C17H16F3N3O. The zero-order valence-electron chi connectivity index (χ0n) is 13.2. The largest absolute Gasteiger partial charge is 0.418 e. The van der Waals surface area contributed by atoms with E-state index in [1.807, 2.05) is 0 Å². The fraction of sp³-hybridized carbons (Fsp3) is 0.176. The summed E-state index contributed by atoms with van der Waals surface area (Å²) in [5.74, 6) is 0.608. The van der Waals surface area contributed by atoms with Gasteiger partial charge in [-0.2, -0.15) is 13.2 Å². The van der Waals surface area contributed by atoms with Crippen LogP contribution < -0.4 is 5.73 Å². The second kappa shape index (κ2) is 6.35. The molecule has 0 bridgehead atoms. The second-order valence-corrected chi connectivity index (χ2v) is 5.14. The summed E-state index contributed by atoms with van der Waals surface area (Å²) in [4.78, 5) is 4.25. The lowest BCUT2D eigenvalue weighted by atomic mass is 10.0. The zero-order valence-corrected chi connectivity index (χ0v) is 13.2. The van der Waals surface area contributed by atoms with Gasteiger partial charge in [-0.3, -0.25) is 4.98 Å². The van der Waals surface area contributed by atoms with Gasteiger partial charge < -0.3 is 10.3 Å². The van der Waals surface area contributed by atoms with Crippen LogP contribution in [-0.2, 0) is 0 Å². The number of alkyl halides is 3. The van der Waals surface area contributed by atoms with Crippen LogP contribution in [0.1, 0.15) is 17.0 Å². The summed E-state index contributed by atoms with van der Waals surface area (Å²) >= 11 is 0. The smallest absolute Gasteiger partial charge is 0.398 e. The summed E-state index contributed by atoms with van der Waals surface area (Å²) < 4.78 is 43.8. The molecule has 0 aliphatic rings. The van der Waals surface area contributed by atoms with Crippen molar-refractivity contribution in [1.29, 1.82) is 0 Å². The molecule has 0 saturated carbocycles. The standard InChI is InChI=1S/C17H16F3N3O/c1-5-13(17(18,19)20)16(21)9(2)12-6-7-14(22-8-12)15-10(3)23-24-11(15)4/h5-8H,1-2,21H2,3-4H3/b16-13+. The molecule has 2 rings (SSSR count). The summed E-state index contributed by atoms with van der Waals surface area (Å²) in [5, 5.41) is 3.84. The van der Waals surface area contributed by atoms with Crippen LogP contribution in [0.25, 0.3) is 16.8 Å². The topological polar surface area (TPSA) is 64.9 Å². The van der Waals surface area contributed by atoms with Gasteiger partial charge in [-0.1, -0.05) is 30.5 Å². The number of halogens is 3. The van der Waals surface area contributed by atoms with E-state index in [0.717, 1.165) is 5.56 Å². The minimum atomic E-state index is -4.60. The molecule has 0 aliphatic carbocycles. The number of aromatic nitrogens is 2. The maximum atomic E-state index is 12.9. The Morgan fingerprint density at radius 1 is 1.29 bits per heavy atom. The molecule has 0 aromatic carbocycles. The van der Waals surface area contributed by atoms with Gasteiger partial charge in [0, 0.05) is 11.8 Å². The predicted octanol–water partition coefficient (Wildman–Crippen LogP) is 4.33. The first kappa shape index (κ1) is 17.5. The molecule has 0 atom stereocenters. The molecular weight excluding hydrogens is 319 g/mol. The Morgan fingerprint density at radius 2 is 1.96 bits per heavy atom. The van der Waals surface area contributed by atoms with Gasteiger partial charge in [0.2, 0.25) is 0 Å². The van der Waals surface area contributed by atoms with Crippen LogP contribution in [-0.4, -0.2) is 16.3 Å². The van der Waals surface area contributed by atoms with E-state index in [2.05, 4.69) is 23.3 Å². The van der Waals surface area contributed by atoms with E-state index in [4.69, 9.17) is 10.3 Å². The highest BCUT2D eigenvalue weighted by Gasteiger charge is 2.34. The Morgan fingerprint density at radius 3 is 2.38 bits per heavy atom. The third kappa shape index (κ3) is 3.24. The van der Waals surface area contributed by atoms with Gasteiger partial charge >= 0.3 is 6.18 Å². The summed E-state index contributed by atoms with van der Waals surface area (Å²) in [5.41, 5.74) is 6.54. The monoisotopic (exact) mass is 335 g/mol. The van der Waals surface area contributed by atoms with Gasteiger partial charge in [0.1, 0.15) is 5.76 Å². The molecule has 0 aliphatic heterocycles. The van der Waals surface area contributed by atoms with Gasteiger partial charge in [-0.05, 0) is 25.5 Å². The fourth-order valence-electron chi connectivity index (χ4n) is 2.27. The Bertz CT molecular complexity index is 795. The summed E-state index contributed by atoms with van der Waals surface area (Å²) in [6.45, 7) is 10.3. The van der Waals surface area contributed by atoms with Crippen LogP contribution in [0.4, 0.5) is 13.2 Å². The highest BCUT2D eigenvalue weighted by molar-refractivity contribution is 5.78. The van der Waals surface area contributed by atoms with Gasteiger partial charge in [-0.15, -0.1) is 0 Å². The van der Waals surface area contributed by atoms with Crippen molar-refractivity contribution in [3.63, 3.8) is 0 Å². The van der Waals surface area contributed by atoms with Gasteiger partial charge in [0.25, 0.3) is 0 Å². The quantitative estimate of drug-likeness (QED) is 0.845. The van der Waals surface area contributed by atoms with Crippen LogP contribution in [0.3, 0.4) is 0 Å². The van der Waals surface area contributed by atoms with Crippen LogP contribution in [0.5, 0.6) is 0 Å². The Labute approximate surface area is 137 Å². The maximum absolute atomic E-state index is 12.9. The number of nitrogens with two attached hydrogens (primary N) is 1. The van der Waals surface area contributed by atoms with E-state index in [9.17, 15) is 13.2 Å². The molecule has 4 nitrogen and oxygen atoms in total. The van der Waals surface area contributed by atoms with E-state index in [0.29, 0.717) is 28.8 Å². The molecule has 126 valence electrons. The third-order valence-electron chi connectivity index (χ3n) is 3.53. The van der Waals surface area contributed by atoms with Crippen LogP contribution in [0.15, 0.2) is 53.4 Å². The first-order valence-corrected chi connectivity index (χ1v) is 6.95. The van der Waals surface area contributed by atoms with E-state index < -0.39 is 17.4 Å². The maximum Gasteiger partial charge on any atom is 0.418 e. The van der Waals surface area contributed by atoms with Crippen molar-refractivity contribution < 1.29 is 17.7 Å². The van der Waals surface area contributed by atoms with Crippen LogP contribution in [0, 0.1) is 13.8 Å². The minimum absolute atomic E-state index is 0.0278. The number of allylic oxidation sites excluding steroid dienone is 3. The minimum Gasteiger partial charge on any atom is -0.398 e. The fourth-order valence-corrected chi connectivity index (χ4v) is 2.27. The highest BCUT2D eigenvalue weighted by Crippen LogP contribution is 2.32. The Hall–Kier alpha value is -2.83. The molecule has 2 aromatic heterocycles. The van der Waals surface area contributed by atoms with Crippen LogP contribution in [0.2, 0.25) is 0 Å². The lowest BCUT2D eigenvalue weighted by molar-refractivity contribution is -0.0887. The van der Waals surface area contributed by atoms with Crippen molar-refractivity contribution in [3.8, 4) is 11.3 Å². The van der Waals surface area contributed by atoms with E-state index in [1.165, 1.54) is 6.20 Å². The van der Waals surface area contributed by atoms with Crippen molar-refractivity contribution in [1.82, 2.24) is 10.1 Å². The molecule has 0 amide bonds. The van der Waals surface area contributed by atoms with Crippen molar-refractivity contribution in [2.24, 2.45) is 5.73 Å². The SMILES string of the molecule is C=C/C(=C(\N)C(=C)c1ccc(-c2c(C)noc2C)nc1)C(F)(F)F. The Kier molecular flexibility index (Phi) is 4.64. The van der Waals surface area contributed by atoms with Crippen molar-refractivity contribution in [3.05, 3.63) is 65.9 Å². The molecule has 0 fully saturated rings. The first-order chi connectivity index (χ1) is 11.2. The Balaban J connectivity index is 2.39. The van der Waals surface area contributed by atoms with Gasteiger partial charge in [0.15, 0.2) is 0 Å². The molecule has 2 aromatic rings. The highest BCUT2D eigenvalue weighted by atomic mass is 19.4. The first-order valence-electron chi connectivity index (χ1n) is 6.95. The average molecular weight is 335 g/mol. The van der Waals surface area contributed by atoms with Crippen LogP contribution >= 0.6 is 0 Å². The number of hydrogen-bond acceptors (Lipinski definition) is 4. The van der Waals surface area contributed by atoms with Gasteiger partial charge in [0.05, 0.1) is 28.2 Å². The third-order valence-corrected chi connectivity index (χ3v) is 3.53. The number of aryl methyl sites for hydroxylation is 2. The van der Waals surface area contributed by atoms with Gasteiger partial charge in [-0.25, -0.2) is 0 Å². The molecule has 0 radical (unpaired) electrons. The molecule has 0 unspecified atom stereocenters. The molecule has 0 spiro atoms. The molecule has 7 heteroatoms. The van der Waals surface area contributed by atoms with Crippen molar-refractivity contribution in [2.75, 3.05) is 0 Å². The number of nitrogens with zero attached hydrogens (tertiary/aromatic N) is 2. The molecule has 24 heavy (non-hydrogen) atoms. The van der Waals surface area contributed by atoms with E-state index in [-0.39, 0.29) is 5.57 Å². The normalized spacial score (nSPS) is 12.7. The molecule has 0 saturated heterocycles. The summed E-state index contributed by atoms with van der Waals surface area (Å²) in [6, 6.07) is 3.25. The average Bonchev–Trinajstić information content (AvgIpc) is 2.85. The van der Waals surface area contributed by atoms with Crippen molar-refractivity contribution in [2.45, 2.75) is 20.0 Å². The summed E-state index contributed by atoms with van der Waals surface area (Å²) in [7, 11) is 0. The number of pyridine rings is 1. The number of rotatable bonds is 4. The number of hydrogen-bond donors (Lipinski definition) is 1.